The number of hydrogen-bond donors (Lipinski definition) is 2. The fraction of sp³-hybridized carbons (Fsp3) is 0.273. The van der Waals surface area contributed by atoms with Crippen LogP contribution in [0.2, 0.25) is 0 Å². The number of rotatable bonds is 3. The quantitative estimate of drug-likeness (QED) is 0.904. The van der Waals surface area contributed by atoms with Gasteiger partial charge >= 0.3 is 0 Å². The molecule has 2 aromatic rings. The van der Waals surface area contributed by atoms with Crippen LogP contribution in [0, 0.1) is 0 Å². The van der Waals surface area contributed by atoms with Gasteiger partial charge in [0.2, 0.25) is 0 Å². The zero-order chi connectivity index (χ0) is 12.5. The van der Waals surface area contributed by atoms with E-state index in [1.165, 1.54) is 0 Å². The summed E-state index contributed by atoms with van der Waals surface area (Å²) in [6.45, 7) is 1.74. The number of aromatic nitrogens is 2. The minimum atomic E-state index is -0.283. The minimum Gasteiger partial charge on any atom is -0.444 e. The zero-order valence-corrected chi connectivity index (χ0v) is 11.0. The molecule has 94 valence electrons. The molecule has 3 rings (SSSR count). The number of furan rings is 1. The first-order valence-corrected chi connectivity index (χ1v) is 6.34. The number of halogens is 1. The Kier molecular flexibility index (Phi) is 2.92. The molecule has 1 saturated heterocycles. The lowest BCUT2D eigenvalue weighted by Gasteiger charge is -2.28. The average Bonchev–Trinajstić information content (AvgIpc) is 2.86. The van der Waals surface area contributed by atoms with E-state index in [0.29, 0.717) is 16.5 Å². The predicted molar refractivity (Wildman–Crippen MR) is 68.5 cm³/mol. The maximum absolute atomic E-state index is 11.9. The summed E-state index contributed by atoms with van der Waals surface area (Å²) in [4.78, 5) is 11.9. The van der Waals surface area contributed by atoms with Crippen molar-refractivity contribution in [2.45, 2.75) is 6.04 Å². The molecule has 0 atom stereocenters. The zero-order valence-electron chi connectivity index (χ0n) is 9.39. The lowest BCUT2D eigenvalue weighted by Crippen LogP contribution is -2.44. The molecule has 3 heterocycles. The summed E-state index contributed by atoms with van der Waals surface area (Å²) in [7, 11) is 0. The van der Waals surface area contributed by atoms with E-state index in [1.807, 2.05) is 4.68 Å². The van der Waals surface area contributed by atoms with Crippen molar-refractivity contribution in [3.05, 3.63) is 34.8 Å². The monoisotopic (exact) mass is 310 g/mol. The van der Waals surface area contributed by atoms with Gasteiger partial charge in [0.15, 0.2) is 10.4 Å². The van der Waals surface area contributed by atoms with Crippen molar-refractivity contribution >= 4 is 27.7 Å². The molecular weight excluding hydrogens is 300 g/mol. The molecule has 18 heavy (non-hydrogen) atoms. The van der Waals surface area contributed by atoms with Crippen molar-refractivity contribution in [1.29, 1.82) is 0 Å². The van der Waals surface area contributed by atoms with Crippen LogP contribution >= 0.6 is 15.9 Å². The van der Waals surface area contributed by atoms with Crippen LogP contribution in [0.1, 0.15) is 16.6 Å². The van der Waals surface area contributed by atoms with E-state index in [1.54, 1.807) is 24.4 Å². The second kappa shape index (κ2) is 4.58. The first kappa shape index (κ1) is 11.5. The highest BCUT2D eigenvalue weighted by Crippen LogP contribution is 2.19. The average molecular weight is 311 g/mol. The van der Waals surface area contributed by atoms with Gasteiger partial charge in [0, 0.05) is 19.2 Å². The number of anilines is 1. The molecule has 0 aromatic carbocycles. The number of carbonyl (C=O) groups is 1. The maximum Gasteiger partial charge on any atom is 0.292 e. The second-order valence-electron chi connectivity index (χ2n) is 4.03. The Morgan fingerprint density at radius 1 is 1.50 bits per heavy atom. The SMILES string of the molecule is O=C(Nc1ccnn1C1CNC1)c1ccc(Br)o1. The molecule has 2 N–H and O–H groups in total. The molecule has 0 aliphatic carbocycles. The molecule has 0 unspecified atom stereocenters. The van der Waals surface area contributed by atoms with Gasteiger partial charge in [-0.2, -0.15) is 5.10 Å². The summed E-state index contributed by atoms with van der Waals surface area (Å²) < 4.78 is 7.54. The molecule has 6 nitrogen and oxygen atoms in total. The third-order valence-electron chi connectivity index (χ3n) is 2.81. The normalized spacial score (nSPS) is 15.4. The highest BCUT2D eigenvalue weighted by Gasteiger charge is 2.22. The van der Waals surface area contributed by atoms with Gasteiger partial charge in [-0.05, 0) is 28.1 Å². The highest BCUT2D eigenvalue weighted by molar-refractivity contribution is 9.10. The number of carbonyl (C=O) groups excluding carboxylic acids is 1. The molecule has 0 spiro atoms. The van der Waals surface area contributed by atoms with E-state index >= 15 is 0 Å². The van der Waals surface area contributed by atoms with E-state index < -0.39 is 0 Å². The highest BCUT2D eigenvalue weighted by atomic mass is 79.9. The van der Waals surface area contributed by atoms with E-state index in [9.17, 15) is 4.79 Å². The summed E-state index contributed by atoms with van der Waals surface area (Å²) in [6.07, 6.45) is 1.67. The fourth-order valence-electron chi connectivity index (χ4n) is 1.76. The lowest BCUT2D eigenvalue weighted by atomic mass is 10.2. The standard InChI is InChI=1S/C11H11BrN4O2/c12-9-2-1-8(18-9)11(17)15-10-3-4-14-16(10)7-5-13-6-7/h1-4,7,13H,5-6H2,(H,15,17). The van der Waals surface area contributed by atoms with Crippen LogP contribution in [0.4, 0.5) is 5.82 Å². The van der Waals surface area contributed by atoms with Crippen molar-refractivity contribution in [3.8, 4) is 0 Å². The van der Waals surface area contributed by atoms with Crippen LogP contribution in [0.25, 0.3) is 0 Å². The van der Waals surface area contributed by atoms with Gasteiger partial charge in [-0.3, -0.25) is 4.79 Å². The van der Waals surface area contributed by atoms with Crippen LogP contribution in [0.15, 0.2) is 33.5 Å². The molecule has 2 aromatic heterocycles. The smallest absolute Gasteiger partial charge is 0.292 e. The fourth-order valence-corrected chi connectivity index (χ4v) is 2.07. The summed E-state index contributed by atoms with van der Waals surface area (Å²) >= 11 is 3.16. The number of amides is 1. The van der Waals surface area contributed by atoms with Crippen LogP contribution in [-0.4, -0.2) is 28.8 Å². The predicted octanol–water partition coefficient (Wildman–Crippen LogP) is 1.64. The Bertz CT molecular complexity index is 573. The first-order chi connectivity index (χ1) is 8.74. The Hall–Kier alpha value is -1.60. The van der Waals surface area contributed by atoms with Gasteiger partial charge in [0.25, 0.3) is 5.91 Å². The Morgan fingerprint density at radius 2 is 2.33 bits per heavy atom. The van der Waals surface area contributed by atoms with Crippen LogP contribution in [0.3, 0.4) is 0 Å². The maximum atomic E-state index is 11.9. The van der Waals surface area contributed by atoms with Gasteiger partial charge in [-0.25, -0.2) is 4.68 Å². The molecule has 7 heteroatoms. The Balaban J connectivity index is 1.76. The summed E-state index contributed by atoms with van der Waals surface area (Å²) in [5.41, 5.74) is 0. The number of hydrogen-bond acceptors (Lipinski definition) is 4. The van der Waals surface area contributed by atoms with Crippen molar-refractivity contribution in [2.24, 2.45) is 0 Å². The summed E-state index contributed by atoms with van der Waals surface area (Å²) in [5.74, 6) is 0.662. The summed E-state index contributed by atoms with van der Waals surface area (Å²) in [6, 6.07) is 5.38. The molecule has 1 aliphatic rings. The van der Waals surface area contributed by atoms with E-state index in [2.05, 4.69) is 31.7 Å². The molecule has 1 aliphatic heterocycles. The van der Waals surface area contributed by atoms with Crippen LogP contribution in [-0.2, 0) is 0 Å². The Morgan fingerprint density at radius 3 is 2.94 bits per heavy atom. The third-order valence-corrected chi connectivity index (χ3v) is 3.24. The largest absolute Gasteiger partial charge is 0.444 e. The van der Waals surface area contributed by atoms with E-state index in [0.717, 1.165) is 13.1 Å². The second-order valence-corrected chi connectivity index (χ2v) is 4.81. The molecule has 0 saturated carbocycles. The first-order valence-electron chi connectivity index (χ1n) is 5.55. The van der Waals surface area contributed by atoms with Gasteiger partial charge in [0.1, 0.15) is 5.82 Å². The molecular formula is C11H11BrN4O2. The minimum absolute atomic E-state index is 0.265. The van der Waals surface area contributed by atoms with Crippen molar-refractivity contribution in [3.63, 3.8) is 0 Å². The third kappa shape index (κ3) is 2.06. The molecule has 0 bridgehead atoms. The van der Waals surface area contributed by atoms with E-state index in [4.69, 9.17) is 4.42 Å². The topological polar surface area (TPSA) is 72.1 Å². The van der Waals surface area contributed by atoms with Crippen LogP contribution in [0.5, 0.6) is 0 Å². The van der Waals surface area contributed by atoms with Crippen LogP contribution < -0.4 is 10.6 Å². The number of nitrogens with zero attached hydrogens (tertiary/aromatic N) is 2. The molecule has 1 amide bonds. The van der Waals surface area contributed by atoms with Crippen molar-refractivity contribution < 1.29 is 9.21 Å². The molecule has 0 radical (unpaired) electrons. The molecule has 1 fully saturated rings. The van der Waals surface area contributed by atoms with E-state index in [-0.39, 0.29) is 11.7 Å². The van der Waals surface area contributed by atoms with Crippen molar-refractivity contribution in [2.75, 3.05) is 18.4 Å². The van der Waals surface area contributed by atoms with Gasteiger partial charge in [-0.1, -0.05) is 0 Å². The van der Waals surface area contributed by atoms with Crippen molar-refractivity contribution in [1.82, 2.24) is 15.1 Å². The number of nitrogens with one attached hydrogen (secondary N) is 2. The summed E-state index contributed by atoms with van der Waals surface area (Å²) in [5, 5.41) is 10.2. The van der Waals surface area contributed by atoms with Gasteiger partial charge in [0.05, 0.1) is 12.2 Å². The van der Waals surface area contributed by atoms with Gasteiger partial charge < -0.3 is 15.1 Å². The Labute approximate surface area is 111 Å². The van der Waals surface area contributed by atoms with Gasteiger partial charge in [-0.15, -0.1) is 0 Å². The lowest BCUT2D eigenvalue weighted by molar-refractivity contribution is 0.0994.